The average molecular weight is 322 g/mol. The van der Waals surface area contributed by atoms with Crippen LogP contribution in [0.5, 0.6) is 5.75 Å². The first-order chi connectivity index (χ1) is 10.8. The number of carbonyl (C=O) groups excluding carboxylic acids is 2. The Hall–Kier alpha value is -2.08. The lowest BCUT2D eigenvalue weighted by Crippen LogP contribution is -3.11. The summed E-state index contributed by atoms with van der Waals surface area (Å²) in [4.78, 5) is 24.8. The smallest absolute Gasteiger partial charge is 0.279 e. The number of rotatable bonds is 8. The van der Waals surface area contributed by atoms with E-state index in [9.17, 15) is 9.59 Å². The zero-order chi connectivity index (χ0) is 17.5. The van der Waals surface area contributed by atoms with Gasteiger partial charge in [-0.15, -0.1) is 0 Å². The maximum atomic E-state index is 12.0. The molecule has 3 N–H and O–H groups in total. The third-order valence-corrected chi connectivity index (χ3v) is 3.64. The molecular formula is C17H28N3O3+. The molecule has 0 aromatic heterocycles. The Morgan fingerprint density at radius 2 is 1.87 bits per heavy atom. The van der Waals surface area contributed by atoms with Gasteiger partial charge in [-0.2, -0.15) is 0 Å². The van der Waals surface area contributed by atoms with Crippen molar-refractivity contribution in [3.8, 4) is 5.75 Å². The Kier molecular flexibility index (Phi) is 7.03. The van der Waals surface area contributed by atoms with E-state index in [1.54, 1.807) is 19.2 Å². The van der Waals surface area contributed by atoms with Gasteiger partial charge >= 0.3 is 0 Å². The topological polar surface area (TPSA) is 71.9 Å². The normalized spacial score (nSPS) is 12.4. The molecule has 0 aliphatic heterocycles. The molecule has 0 fully saturated rings. The number of benzene rings is 1. The van der Waals surface area contributed by atoms with E-state index in [1.807, 2.05) is 40.0 Å². The molecule has 0 spiro atoms. The van der Waals surface area contributed by atoms with Crippen LogP contribution in [0.4, 0.5) is 5.69 Å². The monoisotopic (exact) mass is 322 g/mol. The molecule has 1 aromatic carbocycles. The molecule has 0 aliphatic rings. The fourth-order valence-electron chi connectivity index (χ4n) is 2.03. The molecule has 0 bridgehead atoms. The summed E-state index contributed by atoms with van der Waals surface area (Å²) in [6.45, 7) is 6.47. The molecule has 1 rings (SSSR count). The third-order valence-electron chi connectivity index (χ3n) is 3.64. The van der Waals surface area contributed by atoms with Crippen molar-refractivity contribution in [3.05, 3.63) is 24.3 Å². The van der Waals surface area contributed by atoms with Gasteiger partial charge in [0.15, 0.2) is 13.1 Å². The van der Waals surface area contributed by atoms with Crippen LogP contribution in [-0.4, -0.2) is 44.6 Å². The minimum absolute atomic E-state index is 0.0523. The van der Waals surface area contributed by atoms with Crippen LogP contribution < -0.4 is 20.3 Å². The van der Waals surface area contributed by atoms with E-state index in [2.05, 4.69) is 10.6 Å². The van der Waals surface area contributed by atoms with Crippen molar-refractivity contribution in [1.29, 1.82) is 0 Å². The first-order valence-corrected chi connectivity index (χ1v) is 7.82. The van der Waals surface area contributed by atoms with Gasteiger partial charge in [-0.3, -0.25) is 9.59 Å². The fourth-order valence-corrected chi connectivity index (χ4v) is 2.03. The molecule has 2 amide bonds. The second kappa shape index (κ2) is 8.53. The van der Waals surface area contributed by atoms with E-state index in [1.165, 1.54) is 0 Å². The number of likely N-dealkylation sites (N-methyl/N-ethyl adjacent to an activating group) is 1. The molecule has 0 saturated carbocycles. The van der Waals surface area contributed by atoms with Crippen LogP contribution in [0.15, 0.2) is 24.3 Å². The lowest BCUT2D eigenvalue weighted by atomic mass is 10.0. The minimum atomic E-state index is -0.222. The number of anilines is 1. The highest BCUT2D eigenvalue weighted by molar-refractivity contribution is 5.91. The average Bonchev–Trinajstić information content (AvgIpc) is 2.46. The maximum absolute atomic E-state index is 12.0. The van der Waals surface area contributed by atoms with Crippen molar-refractivity contribution in [3.63, 3.8) is 0 Å². The number of carbonyl (C=O) groups is 2. The van der Waals surface area contributed by atoms with Gasteiger partial charge < -0.3 is 20.3 Å². The van der Waals surface area contributed by atoms with Crippen molar-refractivity contribution in [2.75, 3.05) is 32.6 Å². The molecule has 0 radical (unpaired) electrons. The maximum Gasteiger partial charge on any atom is 0.279 e. The molecule has 0 heterocycles. The van der Waals surface area contributed by atoms with E-state index in [0.717, 1.165) is 11.3 Å². The number of methoxy groups -OCH3 is 1. The summed E-state index contributed by atoms with van der Waals surface area (Å²) in [5.41, 5.74) is 0.457. The standard InChI is InChI=1S/C17H27N3O3/c1-6-17(2,3)19-16(22)12-20(4)11-15(21)18-13-8-7-9-14(10-13)23-5/h7-10H,6,11-12H2,1-5H3,(H,18,21)(H,19,22)/p+1. The zero-order valence-electron chi connectivity index (χ0n) is 14.7. The molecule has 1 unspecified atom stereocenters. The van der Waals surface area contributed by atoms with Gasteiger partial charge in [-0.05, 0) is 32.4 Å². The Bertz CT molecular complexity index is 544. The second-order valence-corrected chi connectivity index (χ2v) is 6.38. The lowest BCUT2D eigenvalue weighted by molar-refractivity contribution is -0.862. The highest BCUT2D eigenvalue weighted by Gasteiger charge is 2.21. The fraction of sp³-hybridized carbons (Fsp3) is 0.529. The number of hydrogen-bond acceptors (Lipinski definition) is 3. The van der Waals surface area contributed by atoms with Crippen molar-refractivity contribution < 1.29 is 19.2 Å². The molecule has 23 heavy (non-hydrogen) atoms. The van der Waals surface area contributed by atoms with E-state index in [-0.39, 0.29) is 30.4 Å². The summed E-state index contributed by atoms with van der Waals surface area (Å²) < 4.78 is 5.12. The van der Waals surface area contributed by atoms with Gasteiger partial charge in [-0.1, -0.05) is 13.0 Å². The molecule has 0 saturated heterocycles. The highest BCUT2D eigenvalue weighted by Crippen LogP contribution is 2.16. The number of ether oxygens (including phenoxy) is 1. The van der Waals surface area contributed by atoms with Crippen LogP contribution in [0, 0.1) is 0 Å². The minimum Gasteiger partial charge on any atom is -0.497 e. The highest BCUT2D eigenvalue weighted by atomic mass is 16.5. The van der Waals surface area contributed by atoms with E-state index in [0.29, 0.717) is 11.4 Å². The van der Waals surface area contributed by atoms with E-state index >= 15 is 0 Å². The van der Waals surface area contributed by atoms with Crippen LogP contribution in [-0.2, 0) is 9.59 Å². The van der Waals surface area contributed by atoms with Gasteiger partial charge in [-0.25, -0.2) is 0 Å². The Balaban J connectivity index is 2.45. The number of amides is 2. The van der Waals surface area contributed by atoms with Crippen LogP contribution in [0.25, 0.3) is 0 Å². The van der Waals surface area contributed by atoms with Crippen molar-refractivity contribution >= 4 is 17.5 Å². The summed E-state index contributed by atoms with van der Waals surface area (Å²) in [6, 6.07) is 7.17. The molecule has 1 atom stereocenters. The number of nitrogens with one attached hydrogen (secondary N) is 3. The summed E-state index contributed by atoms with van der Waals surface area (Å²) in [5, 5.41) is 5.78. The summed E-state index contributed by atoms with van der Waals surface area (Å²) in [7, 11) is 3.40. The molecule has 128 valence electrons. The Labute approximate surface area is 138 Å². The largest absolute Gasteiger partial charge is 0.497 e. The molecule has 6 nitrogen and oxygen atoms in total. The Morgan fingerprint density at radius 3 is 2.48 bits per heavy atom. The summed E-state index contributed by atoms with van der Waals surface area (Å²) in [5.74, 6) is 0.492. The molecule has 6 heteroatoms. The van der Waals surface area contributed by atoms with Crippen LogP contribution in [0.1, 0.15) is 27.2 Å². The summed E-state index contributed by atoms with van der Waals surface area (Å²) >= 11 is 0. The Morgan fingerprint density at radius 1 is 1.22 bits per heavy atom. The first kappa shape index (κ1) is 19.0. The predicted octanol–water partition coefficient (Wildman–Crippen LogP) is 0.453. The predicted molar refractivity (Wildman–Crippen MR) is 90.8 cm³/mol. The van der Waals surface area contributed by atoms with Gasteiger partial charge in [0.2, 0.25) is 0 Å². The first-order valence-electron chi connectivity index (χ1n) is 7.82. The van der Waals surface area contributed by atoms with Gasteiger partial charge in [0.1, 0.15) is 5.75 Å². The van der Waals surface area contributed by atoms with Crippen LogP contribution >= 0.6 is 0 Å². The zero-order valence-corrected chi connectivity index (χ0v) is 14.7. The van der Waals surface area contributed by atoms with Gasteiger partial charge in [0.05, 0.1) is 14.2 Å². The quantitative estimate of drug-likeness (QED) is 0.651. The van der Waals surface area contributed by atoms with Crippen molar-refractivity contribution in [1.82, 2.24) is 5.32 Å². The van der Waals surface area contributed by atoms with Crippen molar-refractivity contribution in [2.45, 2.75) is 32.7 Å². The second-order valence-electron chi connectivity index (χ2n) is 6.38. The summed E-state index contributed by atoms with van der Waals surface area (Å²) in [6.07, 6.45) is 0.855. The van der Waals surface area contributed by atoms with Crippen LogP contribution in [0.2, 0.25) is 0 Å². The van der Waals surface area contributed by atoms with Gasteiger partial charge in [0, 0.05) is 17.3 Å². The number of hydrogen-bond donors (Lipinski definition) is 3. The lowest BCUT2D eigenvalue weighted by Gasteiger charge is -2.25. The molecule has 0 aliphatic carbocycles. The van der Waals surface area contributed by atoms with E-state index < -0.39 is 0 Å². The molecular weight excluding hydrogens is 294 g/mol. The van der Waals surface area contributed by atoms with E-state index in [4.69, 9.17) is 4.74 Å². The third kappa shape index (κ3) is 7.15. The SMILES string of the molecule is CCC(C)(C)NC(=O)C[NH+](C)CC(=O)Nc1cccc(OC)c1. The van der Waals surface area contributed by atoms with Crippen molar-refractivity contribution in [2.24, 2.45) is 0 Å². The van der Waals surface area contributed by atoms with Gasteiger partial charge in [0.25, 0.3) is 11.8 Å². The molecule has 1 aromatic rings. The number of quaternary nitrogens is 1. The van der Waals surface area contributed by atoms with Crippen LogP contribution in [0.3, 0.4) is 0 Å².